The minimum Gasteiger partial charge on any atom is -0.347 e. The van der Waals surface area contributed by atoms with Crippen molar-refractivity contribution in [2.45, 2.75) is 52.6 Å². The number of rotatable bonds is 5. The van der Waals surface area contributed by atoms with Gasteiger partial charge in [-0.3, -0.25) is 14.3 Å². The molecule has 0 saturated heterocycles. The number of amides is 2. The molecular weight excluding hydrogens is 280 g/mol. The van der Waals surface area contributed by atoms with Crippen LogP contribution in [0.4, 0.5) is 0 Å². The average Bonchev–Trinajstić information content (AvgIpc) is 2.85. The van der Waals surface area contributed by atoms with Crippen molar-refractivity contribution in [1.29, 1.82) is 0 Å². The van der Waals surface area contributed by atoms with E-state index in [4.69, 9.17) is 0 Å². The molecule has 0 aromatic carbocycles. The largest absolute Gasteiger partial charge is 0.347 e. The van der Waals surface area contributed by atoms with Gasteiger partial charge >= 0.3 is 0 Å². The molecule has 0 aliphatic rings. The van der Waals surface area contributed by atoms with Crippen LogP contribution in [0.15, 0.2) is 12.4 Å². The molecule has 0 unspecified atom stereocenters. The molecule has 1 N–H and O–H groups in total. The lowest BCUT2D eigenvalue weighted by atomic mass is 10.0. The van der Waals surface area contributed by atoms with Gasteiger partial charge in [-0.15, -0.1) is 0 Å². The summed E-state index contributed by atoms with van der Waals surface area (Å²) in [5.74, 6) is -0.0480. The molecule has 0 fully saturated rings. The predicted octanol–water partition coefficient (Wildman–Crippen LogP) is 1.87. The zero-order valence-corrected chi connectivity index (χ0v) is 14.7. The molecule has 6 heteroatoms. The van der Waals surface area contributed by atoms with Crippen molar-refractivity contribution in [3.63, 3.8) is 0 Å². The lowest BCUT2D eigenvalue weighted by molar-refractivity contribution is -0.131. The van der Waals surface area contributed by atoms with E-state index in [1.165, 1.54) is 11.1 Å². The van der Waals surface area contributed by atoms with Crippen LogP contribution in [-0.2, 0) is 10.3 Å². The number of hydrogen-bond acceptors (Lipinski definition) is 3. The van der Waals surface area contributed by atoms with Gasteiger partial charge in [-0.2, -0.15) is 5.10 Å². The molecule has 1 atom stereocenters. The van der Waals surface area contributed by atoms with Crippen LogP contribution in [0.5, 0.6) is 0 Å². The van der Waals surface area contributed by atoms with E-state index in [0.717, 1.165) is 0 Å². The Morgan fingerprint density at radius 2 is 1.91 bits per heavy atom. The molecule has 1 rings (SSSR count). The molecule has 0 aliphatic heterocycles. The van der Waals surface area contributed by atoms with Gasteiger partial charge in [0, 0.05) is 20.3 Å². The molecule has 1 heterocycles. The normalized spacial score (nSPS) is 13.1. The van der Waals surface area contributed by atoms with E-state index in [-0.39, 0.29) is 17.4 Å². The van der Waals surface area contributed by atoms with Crippen LogP contribution in [0.25, 0.3) is 0 Å². The first kappa shape index (κ1) is 18.2. The second-order valence-corrected chi connectivity index (χ2v) is 7.23. The third-order valence-corrected chi connectivity index (χ3v) is 3.28. The molecule has 0 saturated carbocycles. The number of aromatic nitrogens is 2. The first-order valence-electron chi connectivity index (χ1n) is 7.59. The van der Waals surface area contributed by atoms with Crippen LogP contribution in [0.3, 0.4) is 0 Å². The number of nitrogens with one attached hydrogen (secondary N) is 1. The molecule has 1 aromatic rings. The molecule has 0 spiro atoms. The predicted molar refractivity (Wildman–Crippen MR) is 86.6 cm³/mol. The van der Waals surface area contributed by atoms with Gasteiger partial charge in [0.1, 0.15) is 6.04 Å². The maximum atomic E-state index is 12.4. The summed E-state index contributed by atoms with van der Waals surface area (Å²) in [6.45, 7) is 10.1. The summed E-state index contributed by atoms with van der Waals surface area (Å²) < 4.78 is 1.74. The van der Waals surface area contributed by atoms with E-state index in [9.17, 15) is 9.59 Å². The van der Waals surface area contributed by atoms with Crippen molar-refractivity contribution in [2.24, 2.45) is 5.92 Å². The quantitative estimate of drug-likeness (QED) is 0.903. The van der Waals surface area contributed by atoms with Crippen molar-refractivity contribution < 1.29 is 9.59 Å². The zero-order chi connectivity index (χ0) is 17.1. The fourth-order valence-electron chi connectivity index (χ4n) is 2.05. The summed E-state index contributed by atoms with van der Waals surface area (Å²) in [7, 11) is 3.39. The van der Waals surface area contributed by atoms with Crippen LogP contribution >= 0.6 is 0 Å². The Kier molecular flexibility index (Phi) is 5.74. The molecule has 1 aromatic heterocycles. The Hall–Kier alpha value is -1.85. The Balaban J connectivity index is 2.87. The van der Waals surface area contributed by atoms with Gasteiger partial charge in [-0.05, 0) is 33.1 Å². The van der Waals surface area contributed by atoms with Crippen LogP contribution in [0.2, 0.25) is 0 Å². The fourth-order valence-corrected chi connectivity index (χ4v) is 2.05. The lowest BCUT2D eigenvalue weighted by Gasteiger charge is -2.23. The van der Waals surface area contributed by atoms with Crippen molar-refractivity contribution in [3.05, 3.63) is 18.0 Å². The molecule has 0 aliphatic carbocycles. The molecular formula is C16H28N4O2. The monoisotopic (exact) mass is 308 g/mol. The van der Waals surface area contributed by atoms with Gasteiger partial charge in [-0.25, -0.2) is 0 Å². The first-order chi connectivity index (χ1) is 10.0. The van der Waals surface area contributed by atoms with Gasteiger partial charge in [0.2, 0.25) is 5.91 Å². The van der Waals surface area contributed by atoms with Gasteiger partial charge < -0.3 is 10.2 Å². The fraction of sp³-hybridized carbons (Fsp3) is 0.688. The Labute approximate surface area is 132 Å². The van der Waals surface area contributed by atoms with Gasteiger partial charge in [-0.1, -0.05) is 13.8 Å². The number of likely N-dealkylation sites (N-methyl/N-ethyl adjacent to an activating group) is 1. The smallest absolute Gasteiger partial charge is 0.255 e. The summed E-state index contributed by atoms with van der Waals surface area (Å²) in [6, 6.07) is -0.513. The molecule has 2 amide bonds. The number of carbonyl (C=O) groups excluding carboxylic acids is 2. The molecule has 0 radical (unpaired) electrons. The van der Waals surface area contributed by atoms with E-state index >= 15 is 0 Å². The van der Waals surface area contributed by atoms with Crippen LogP contribution < -0.4 is 5.32 Å². The second-order valence-electron chi connectivity index (χ2n) is 7.23. The van der Waals surface area contributed by atoms with Gasteiger partial charge in [0.05, 0.1) is 17.3 Å². The summed E-state index contributed by atoms with van der Waals surface area (Å²) in [5, 5.41) is 7.04. The third kappa shape index (κ3) is 4.86. The molecule has 124 valence electrons. The topological polar surface area (TPSA) is 67.2 Å². The van der Waals surface area contributed by atoms with Crippen LogP contribution in [0.1, 0.15) is 51.4 Å². The summed E-state index contributed by atoms with van der Waals surface area (Å²) in [5.41, 5.74) is 0.283. The summed E-state index contributed by atoms with van der Waals surface area (Å²) >= 11 is 0. The van der Waals surface area contributed by atoms with E-state index in [0.29, 0.717) is 17.9 Å². The molecule has 0 bridgehead atoms. The van der Waals surface area contributed by atoms with Crippen LogP contribution in [0, 0.1) is 5.92 Å². The minimum absolute atomic E-state index is 0.0923. The Bertz CT molecular complexity index is 526. The maximum Gasteiger partial charge on any atom is 0.255 e. The van der Waals surface area contributed by atoms with E-state index in [1.807, 2.05) is 34.6 Å². The highest BCUT2D eigenvalue weighted by Crippen LogP contribution is 2.14. The molecule has 22 heavy (non-hydrogen) atoms. The highest BCUT2D eigenvalue weighted by atomic mass is 16.2. The number of hydrogen-bond donors (Lipinski definition) is 1. The van der Waals surface area contributed by atoms with Crippen molar-refractivity contribution in [1.82, 2.24) is 20.0 Å². The number of nitrogens with zero attached hydrogens (tertiary/aromatic N) is 3. The third-order valence-electron chi connectivity index (χ3n) is 3.28. The zero-order valence-electron chi connectivity index (χ0n) is 14.7. The highest BCUT2D eigenvalue weighted by molar-refractivity contribution is 5.97. The highest BCUT2D eigenvalue weighted by Gasteiger charge is 2.25. The Morgan fingerprint density at radius 3 is 2.32 bits per heavy atom. The average molecular weight is 308 g/mol. The van der Waals surface area contributed by atoms with Gasteiger partial charge in [0.15, 0.2) is 0 Å². The lowest BCUT2D eigenvalue weighted by Crippen LogP contribution is -2.46. The van der Waals surface area contributed by atoms with Crippen molar-refractivity contribution >= 4 is 11.8 Å². The minimum atomic E-state index is -0.513. The summed E-state index contributed by atoms with van der Waals surface area (Å²) in [6.07, 6.45) is 3.85. The van der Waals surface area contributed by atoms with E-state index in [1.54, 1.807) is 25.0 Å². The van der Waals surface area contributed by atoms with Gasteiger partial charge in [0.25, 0.3) is 5.91 Å². The summed E-state index contributed by atoms with van der Waals surface area (Å²) in [4.78, 5) is 26.1. The van der Waals surface area contributed by atoms with Crippen molar-refractivity contribution in [2.75, 3.05) is 14.1 Å². The Morgan fingerprint density at radius 1 is 1.32 bits per heavy atom. The van der Waals surface area contributed by atoms with Crippen molar-refractivity contribution in [3.8, 4) is 0 Å². The van der Waals surface area contributed by atoms with E-state index < -0.39 is 6.04 Å². The first-order valence-corrected chi connectivity index (χ1v) is 7.59. The second kappa shape index (κ2) is 6.94. The molecule has 6 nitrogen and oxygen atoms in total. The number of carbonyl (C=O) groups is 2. The SMILES string of the molecule is CC(C)C[C@H](NC(=O)c1cnn(C(C)(C)C)c1)C(=O)N(C)C. The maximum absolute atomic E-state index is 12.4. The van der Waals surface area contributed by atoms with Crippen LogP contribution in [-0.4, -0.2) is 46.6 Å². The van der Waals surface area contributed by atoms with E-state index in [2.05, 4.69) is 10.4 Å². The standard InChI is InChI=1S/C16H28N4O2/c1-11(2)8-13(15(22)19(6)7)18-14(21)12-9-17-20(10-12)16(3,4)5/h9-11,13H,8H2,1-7H3,(H,18,21)/t13-/m0/s1.